The van der Waals surface area contributed by atoms with Crippen molar-refractivity contribution in [2.24, 2.45) is 0 Å². The second-order valence-electron chi connectivity index (χ2n) is 5.98. The molecule has 0 spiro atoms. The first-order chi connectivity index (χ1) is 10.7. The van der Waals surface area contributed by atoms with Crippen LogP contribution in [0.2, 0.25) is 0 Å². The van der Waals surface area contributed by atoms with Gasteiger partial charge in [0.15, 0.2) is 0 Å². The van der Waals surface area contributed by atoms with Crippen molar-refractivity contribution in [1.29, 1.82) is 0 Å². The second-order valence-corrected chi connectivity index (χ2v) is 5.98. The Balaban J connectivity index is 1.74. The molecule has 1 fully saturated rings. The molecule has 2 amide bonds. The fourth-order valence-electron chi connectivity index (χ4n) is 3.26. The summed E-state index contributed by atoms with van der Waals surface area (Å²) in [7, 11) is 1.50. The van der Waals surface area contributed by atoms with Gasteiger partial charge >= 0.3 is 0 Å². The van der Waals surface area contributed by atoms with E-state index in [1.54, 1.807) is 15.8 Å². The van der Waals surface area contributed by atoms with Gasteiger partial charge in [0.2, 0.25) is 11.8 Å². The summed E-state index contributed by atoms with van der Waals surface area (Å²) in [6.07, 6.45) is 6.09. The number of rotatable bonds is 4. The number of amides is 2. The van der Waals surface area contributed by atoms with Gasteiger partial charge < -0.3 is 15.0 Å². The molecule has 2 aliphatic rings. The van der Waals surface area contributed by atoms with Crippen LogP contribution in [0.1, 0.15) is 37.4 Å². The van der Waals surface area contributed by atoms with Crippen LogP contribution in [0.3, 0.4) is 0 Å². The van der Waals surface area contributed by atoms with E-state index in [0.717, 1.165) is 18.5 Å². The molecule has 2 heterocycles. The minimum Gasteiger partial charge on any atom is -0.375 e. The zero-order valence-corrected chi connectivity index (χ0v) is 12.8. The minimum atomic E-state index is -0.458. The molecule has 1 aliphatic heterocycles. The molecular weight excluding hydrogens is 284 g/mol. The Morgan fingerprint density at radius 1 is 1.41 bits per heavy atom. The number of fused-ring (bicyclic) bond motifs is 1. The van der Waals surface area contributed by atoms with Crippen molar-refractivity contribution in [3.8, 4) is 0 Å². The van der Waals surface area contributed by atoms with Gasteiger partial charge in [-0.1, -0.05) is 12.8 Å². The van der Waals surface area contributed by atoms with E-state index in [4.69, 9.17) is 4.74 Å². The average molecular weight is 306 g/mol. The molecule has 1 aliphatic carbocycles. The molecule has 1 aromatic rings. The molecule has 0 unspecified atom stereocenters. The molecule has 0 aromatic carbocycles. The maximum absolute atomic E-state index is 12.6. The summed E-state index contributed by atoms with van der Waals surface area (Å²) in [5.74, 6) is -0.152. The Morgan fingerprint density at radius 3 is 2.91 bits per heavy atom. The molecule has 1 saturated carbocycles. The summed E-state index contributed by atoms with van der Waals surface area (Å²) in [6.45, 7) is 0.843. The van der Waals surface area contributed by atoms with Gasteiger partial charge in [-0.25, -0.2) is 0 Å². The van der Waals surface area contributed by atoms with E-state index in [2.05, 4.69) is 10.4 Å². The zero-order chi connectivity index (χ0) is 15.5. The fraction of sp³-hybridized carbons (Fsp3) is 0.667. The Morgan fingerprint density at radius 2 is 2.18 bits per heavy atom. The summed E-state index contributed by atoms with van der Waals surface area (Å²) in [6, 6.07) is 1.65. The minimum absolute atomic E-state index is 0.0328. The van der Waals surface area contributed by atoms with Crippen LogP contribution in [0.4, 0.5) is 0 Å². The third-order valence-corrected chi connectivity index (χ3v) is 4.42. The molecule has 7 nitrogen and oxygen atoms in total. The molecule has 0 radical (unpaired) electrons. The van der Waals surface area contributed by atoms with E-state index in [-0.39, 0.29) is 24.5 Å². The van der Waals surface area contributed by atoms with Crippen molar-refractivity contribution >= 4 is 11.8 Å². The van der Waals surface area contributed by atoms with Gasteiger partial charge in [-0.05, 0) is 18.9 Å². The highest BCUT2D eigenvalue weighted by atomic mass is 16.5. The van der Waals surface area contributed by atoms with Crippen LogP contribution in [0.15, 0.2) is 12.3 Å². The van der Waals surface area contributed by atoms with Crippen molar-refractivity contribution < 1.29 is 14.3 Å². The highest BCUT2D eigenvalue weighted by Gasteiger charge is 2.34. The summed E-state index contributed by atoms with van der Waals surface area (Å²) >= 11 is 0. The predicted molar refractivity (Wildman–Crippen MR) is 79.0 cm³/mol. The Labute approximate surface area is 129 Å². The number of aromatic nitrogens is 2. The summed E-state index contributed by atoms with van der Waals surface area (Å²) < 4.78 is 6.65. The quantitative estimate of drug-likeness (QED) is 0.877. The number of carbonyl (C=O) groups is 2. The van der Waals surface area contributed by atoms with Gasteiger partial charge in [0.05, 0.1) is 18.8 Å². The van der Waals surface area contributed by atoms with E-state index >= 15 is 0 Å². The zero-order valence-electron chi connectivity index (χ0n) is 12.8. The molecule has 3 rings (SSSR count). The number of hydrogen-bond donors (Lipinski definition) is 1. The van der Waals surface area contributed by atoms with Gasteiger partial charge in [0, 0.05) is 19.3 Å². The van der Waals surface area contributed by atoms with Gasteiger partial charge in [0.25, 0.3) is 0 Å². The standard InChI is InChI=1S/C15H22N4O3/c1-22-10-14(20)18-8-12-6-7-16-19(12)13(9-18)15(21)17-11-4-2-3-5-11/h6-7,11,13H,2-5,8-10H2,1H3,(H,17,21)/t13-/m1/s1. The van der Waals surface area contributed by atoms with Gasteiger partial charge in [-0.15, -0.1) is 0 Å². The lowest BCUT2D eigenvalue weighted by molar-refractivity contribution is -0.139. The van der Waals surface area contributed by atoms with E-state index in [0.29, 0.717) is 13.1 Å². The van der Waals surface area contributed by atoms with Crippen LogP contribution >= 0.6 is 0 Å². The molecule has 1 atom stereocenters. The van der Waals surface area contributed by atoms with Crippen LogP contribution in [0.5, 0.6) is 0 Å². The summed E-state index contributed by atoms with van der Waals surface area (Å²) in [5.41, 5.74) is 0.877. The molecular formula is C15H22N4O3. The number of methoxy groups -OCH3 is 1. The normalized spacial score (nSPS) is 21.7. The Hall–Kier alpha value is -1.89. The maximum atomic E-state index is 12.6. The number of nitrogens with one attached hydrogen (secondary N) is 1. The van der Waals surface area contributed by atoms with Crippen LogP contribution in [-0.2, 0) is 20.9 Å². The van der Waals surface area contributed by atoms with E-state index < -0.39 is 6.04 Å². The van der Waals surface area contributed by atoms with Crippen LogP contribution < -0.4 is 5.32 Å². The van der Waals surface area contributed by atoms with Crippen molar-refractivity contribution in [1.82, 2.24) is 20.0 Å². The number of nitrogens with zero attached hydrogens (tertiary/aromatic N) is 3. The molecule has 0 bridgehead atoms. The fourth-order valence-corrected chi connectivity index (χ4v) is 3.26. The number of hydrogen-bond acceptors (Lipinski definition) is 4. The first-order valence-corrected chi connectivity index (χ1v) is 7.78. The highest BCUT2D eigenvalue weighted by Crippen LogP contribution is 2.23. The van der Waals surface area contributed by atoms with Crippen molar-refractivity contribution in [3.05, 3.63) is 18.0 Å². The SMILES string of the molecule is COCC(=O)N1Cc2ccnn2[C@@H](C(=O)NC2CCCC2)C1. The first-order valence-electron chi connectivity index (χ1n) is 7.78. The van der Waals surface area contributed by atoms with E-state index in [1.807, 2.05) is 6.07 Å². The van der Waals surface area contributed by atoms with Crippen LogP contribution in [0.25, 0.3) is 0 Å². The third-order valence-electron chi connectivity index (χ3n) is 4.42. The van der Waals surface area contributed by atoms with Gasteiger partial charge in [-0.2, -0.15) is 5.10 Å². The lowest BCUT2D eigenvalue weighted by Gasteiger charge is -2.33. The number of carbonyl (C=O) groups excluding carboxylic acids is 2. The lowest BCUT2D eigenvalue weighted by Crippen LogP contribution is -2.49. The lowest BCUT2D eigenvalue weighted by atomic mass is 10.1. The monoisotopic (exact) mass is 306 g/mol. The molecule has 1 aromatic heterocycles. The summed E-state index contributed by atoms with van der Waals surface area (Å²) in [4.78, 5) is 26.3. The van der Waals surface area contributed by atoms with Crippen molar-refractivity contribution in [2.45, 2.75) is 44.3 Å². The smallest absolute Gasteiger partial charge is 0.248 e. The maximum Gasteiger partial charge on any atom is 0.248 e. The van der Waals surface area contributed by atoms with E-state index in [9.17, 15) is 9.59 Å². The highest BCUT2D eigenvalue weighted by molar-refractivity contribution is 5.83. The Kier molecular flexibility index (Phi) is 4.42. The Bertz CT molecular complexity index is 551. The predicted octanol–water partition coefficient (Wildman–Crippen LogP) is 0.472. The number of ether oxygens (including phenoxy) is 1. The molecule has 120 valence electrons. The first kappa shape index (κ1) is 15.0. The largest absolute Gasteiger partial charge is 0.375 e. The third kappa shape index (κ3) is 2.99. The van der Waals surface area contributed by atoms with E-state index in [1.165, 1.54) is 20.0 Å². The molecule has 1 N–H and O–H groups in total. The second kappa shape index (κ2) is 6.48. The topological polar surface area (TPSA) is 76.5 Å². The summed E-state index contributed by atoms with van der Waals surface area (Å²) in [5, 5.41) is 7.36. The van der Waals surface area contributed by atoms with Crippen molar-refractivity contribution in [2.75, 3.05) is 20.3 Å². The molecule has 0 saturated heterocycles. The van der Waals surface area contributed by atoms with Crippen LogP contribution in [0, 0.1) is 0 Å². The average Bonchev–Trinajstić information content (AvgIpc) is 3.16. The van der Waals surface area contributed by atoms with Gasteiger partial charge in [-0.3, -0.25) is 14.3 Å². The van der Waals surface area contributed by atoms with Crippen LogP contribution in [-0.4, -0.2) is 52.8 Å². The van der Waals surface area contributed by atoms with Gasteiger partial charge in [0.1, 0.15) is 12.6 Å². The molecule has 7 heteroatoms. The van der Waals surface area contributed by atoms with Crippen molar-refractivity contribution in [3.63, 3.8) is 0 Å². The molecule has 22 heavy (non-hydrogen) atoms.